The number of amides is 2. The van der Waals surface area contributed by atoms with Crippen LogP contribution >= 0.6 is 0 Å². The Morgan fingerprint density at radius 2 is 2.05 bits per heavy atom. The van der Waals surface area contributed by atoms with Gasteiger partial charge in [-0.15, -0.1) is 0 Å². The van der Waals surface area contributed by atoms with E-state index in [-0.39, 0.29) is 17.6 Å². The van der Waals surface area contributed by atoms with Gasteiger partial charge in [0.2, 0.25) is 0 Å². The number of primary amides is 1. The van der Waals surface area contributed by atoms with E-state index in [9.17, 15) is 9.59 Å². The molecule has 0 bridgehead atoms. The van der Waals surface area contributed by atoms with E-state index in [4.69, 9.17) is 5.73 Å². The molecule has 0 unspecified atom stereocenters. The second-order valence-electron chi connectivity index (χ2n) is 5.43. The number of pyridine rings is 1. The van der Waals surface area contributed by atoms with Crippen LogP contribution in [0.15, 0.2) is 18.2 Å². The van der Waals surface area contributed by atoms with Gasteiger partial charge in [0.25, 0.3) is 11.8 Å². The van der Waals surface area contributed by atoms with E-state index in [0.717, 1.165) is 25.8 Å². The van der Waals surface area contributed by atoms with Crippen LogP contribution in [0.3, 0.4) is 0 Å². The van der Waals surface area contributed by atoms with Gasteiger partial charge in [0, 0.05) is 12.6 Å². The number of nitrogens with zero attached hydrogens (tertiary/aromatic N) is 2. The number of aromatic nitrogens is 1. The number of carbonyl (C=O) groups is 2. The Balaban J connectivity index is 2.21. The van der Waals surface area contributed by atoms with Crippen LogP contribution < -0.4 is 5.73 Å². The van der Waals surface area contributed by atoms with Gasteiger partial charge in [0.05, 0.1) is 0 Å². The van der Waals surface area contributed by atoms with Gasteiger partial charge in [0.1, 0.15) is 11.4 Å². The first-order valence-electron chi connectivity index (χ1n) is 7.10. The van der Waals surface area contributed by atoms with Crippen LogP contribution in [0.5, 0.6) is 0 Å². The molecule has 2 amide bonds. The summed E-state index contributed by atoms with van der Waals surface area (Å²) in [5, 5.41) is 0. The van der Waals surface area contributed by atoms with E-state index in [0.29, 0.717) is 11.6 Å². The summed E-state index contributed by atoms with van der Waals surface area (Å²) in [6, 6.07) is 5.01. The maximum atomic E-state index is 12.6. The maximum Gasteiger partial charge on any atom is 0.272 e. The summed E-state index contributed by atoms with van der Waals surface area (Å²) in [5.41, 5.74) is 5.63. The fraction of sp³-hybridized carbons (Fsp3) is 0.533. The van der Waals surface area contributed by atoms with Crippen molar-refractivity contribution in [3.8, 4) is 0 Å². The summed E-state index contributed by atoms with van der Waals surface area (Å²) in [4.78, 5) is 29.6. The summed E-state index contributed by atoms with van der Waals surface area (Å²) in [6.07, 6.45) is 3.25. The molecule has 1 aliphatic heterocycles. The summed E-state index contributed by atoms with van der Waals surface area (Å²) in [5.74, 6) is -0.175. The molecule has 2 heterocycles. The molecule has 0 radical (unpaired) electrons. The van der Waals surface area contributed by atoms with Crippen molar-refractivity contribution in [2.45, 2.75) is 39.2 Å². The normalized spacial score (nSPS) is 22.6. The average Bonchev–Trinajstić information content (AvgIpc) is 2.47. The van der Waals surface area contributed by atoms with Crippen molar-refractivity contribution in [2.24, 2.45) is 11.7 Å². The van der Waals surface area contributed by atoms with Gasteiger partial charge in [0.15, 0.2) is 0 Å². The van der Waals surface area contributed by atoms with Crippen molar-refractivity contribution in [2.75, 3.05) is 6.54 Å². The van der Waals surface area contributed by atoms with Gasteiger partial charge in [-0.3, -0.25) is 9.59 Å². The van der Waals surface area contributed by atoms with E-state index in [1.165, 1.54) is 6.07 Å². The molecule has 0 spiro atoms. The zero-order chi connectivity index (χ0) is 14.7. The monoisotopic (exact) mass is 275 g/mol. The highest BCUT2D eigenvalue weighted by Crippen LogP contribution is 2.25. The van der Waals surface area contributed by atoms with E-state index in [2.05, 4.69) is 18.8 Å². The van der Waals surface area contributed by atoms with E-state index < -0.39 is 5.91 Å². The molecule has 1 saturated heterocycles. The second kappa shape index (κ2) is 6.03. The van der Waals surface area contributed by atoms with Crippen molar-refractivity contribution in [1.29, 1.82) is 0 Å². The van der Waals surface area contributed by atoms with Gasteiger partial charge >= 0.3 is 0 Å². The Morgan fingerprint density at radius 1 is 1.35 bits per heavy atom. The van der Waals surface area contributed by atoms with Crippen molar-refractivity contribution in [1.82, 2.24) is 9.88 Å². The Kier molecular flexibility index (Phi) is 4.37. The van der Waals surface area contributed by atoms with Crippen molar-refractivity contribution in [3.05, 3.63) is 29.6 Å². The van der Waals surface area contributed by atoms with Crippen LogP contribution in [0, 0.1) is 5.92 Å². The third-order valence-corrected chi connectivity index (χ3v) is 4.04. The number of piperidine rings is 1. The molecule has 0 aromatic carbocycles. The van der Waals surface area contributed by atoms with Crippen LogP contribution in [0.2, 0.25) is 0 Å². The summed E-state index contributed by atoms with van der Waals surface area (Å²) in [6.45, 7) is 4.97. The summed E-state index contributed by atoms with van der Waals surface area (Å²) >= 11 is 0. The Bertz CT molecular complexity index is 516. The predicted octanol–water partition coefficient (Wildman–Crippen LogP) is 1.83. The number of hydrogen-bond donors (Lipinski definition) is 1. The standard InChI is InChI=1S/C15H21N3O2/c1-3-11-8-7-10(2)18(9-11)15(20)13-6-4-5-12(17-13)14(16)19/h4-6,10-11H,3,7-9H2,1-2H3,(H2,16,19)/t10-,11+/m0/s1. The molecule has 2 atom stereocenters. The van der Waals surface area contributed by atoms with Gasteiger partial charge in [-0.2, -0.15) is 0 Å². The summed E-state index contributed by atoms with van der Waals surface area (Å²) in [7, 11) is 0. The molecule has 5 nitrogen and oxygen atoms in total. The lowest BCUT2D eigenvalue weighted by Gasteiger charge is -2.37. The quantitative estimate of drug-likeness (QED) is 0.914. The molecule has 0 saturated carbocycles. The Hall–Kier alpha value is -1.91. The van der Waals surface area contributed by atoms with Crippen molar-refractivity contribution in [3.63, 3.8) is 0 Å². The Labute approximate surface area is 119 Å². The minimum absolute atomic E-state index is 0.112. The molecule has 0 aliphatic carbocycles. The molecule has 1 aliphatic rings. The average molecular weight is 275 g/mol. The lowest BCUT2D eigenvalue weighted by molar-refractivity contribution is 0.0550. The van der Waals surface area contributed by atoms with Gasteiger partial charge in [-0.25, -0.2) is 4.98 Å². The van der Waals surface area contributed by atoms with Crippen LogP contribution in [-0.2, 0) is 0 Å². The van der Waals surface area contributed by atoms with Crippen LogP contribution in [-0.4, -0.2) is 34.3 Å². The molecule has 1 aromatic rings. The number of hydrogen-bond acceptors (Lipinski definition) is 3. The first-order chi connectivity index (χ1) is 9.52. The van der Waals surface area contributed by atoms with Gasteiger partial charge < -0.3 is 10.6 Å². The molecule has 2 rings (SSSR count). The van der Waals surface area contributed by atoms with E-state index >= 15 is 0 Å². The van der Waals surface area contributed by atoms with Crippen LogP contribution in [0.4, 0.5) is 0 Å². The SMILES string of the molecule is CC[C@@H]1CC[C@H](C)N(C(=O)c2cccc(C(N)=O)n2)C1. The highest BCUT2D eigenvalue weighted by atomic mass is 16.2. The molecule has 20 heavy (non-hydrogen) atoms. The lowest BCUT2D eigenvalue weighted by atomic mass is 9.91. The Morgan fingerprint density at radius 3 is 2.70 bits per heavy atom. The maximum absolute atomic E-state index is 12.6. The molecule has 2 N–H and O–H groups in total. The fourth-order valence-corrected chi connectivity index (χ4v) is 2.64. The largest absolute Gasteiger partial charge is 0.364 e. The fourth-order valence-electron chi connectivity index (χ4n) is 2.64. The molecule has 1 fully saturated rings. The predicted molar refractivity (Wildman–Crippen MR) is 76.3 cm³/mol. The van der Waals surface area contributed by atoms with Crippen LogP contribution in [0.1, 0.15) is 54.1 Å². The first-order valence-corrected chi connectivity index (χ1v) is 7.10. The number of nitrogens with two attached hydrogens (primary N) is 1. The van der Waals surface area contributed by atoms with Gasteiger partial charge in [-0.1, -0.05) is 19.4 Å². The minimum Gasteiger partial charge on any atom is -0.364 e. The topological polar surface area (TPSA) is 76.3 Å². The molecular weight excluding hydrogens is 254 g/mol. The minimum atomic E-state index is -0.613. The molecule has 1 aromatic heterocycles. The highest BCUT2D eigenvalue weighted by molar-refractivity contribution is 5.95. The first kappa shape index (κ1) is 14.5. The third-order valence-electron chi connectivity index (χ3n) is 4.04. The third kappa shape index (κ3) is 2.98. The highest BCUT2D eigenvalue weighted by Gasteiger charge is 2.29. The van der Waals surface area contributed by atoms with Crippen molar-refractivity contribution < 1.29 is 9.59 Å². The summed E-state index contributed by atoms with van der Waals surface area (Å²) < 4.78 is 0. The van der Waals surface area contributed by atoms with Crippen molar-refractivity contribution >= 4 is 11.8 Å². The molecule has 108 valence electrons. The smallest absolute Gasteiger partial charge is 0.272 e. The van der Waals surface area contributed by atoms with E-state index in [1.807, 2.05) is 4.90 Å². The molecular formula is C15H21N3O2. The zero-order valence-electron chi connectivity index (χ0n) is 12.0. The number of likely N-dealkylation sites (tertiary alicyclic amines) is 1. The number of rotatable bonds is 3. The number of carbonyl (C=O) groups excluding carboxylic acids is 2. The lowest BCUT2D eigenvalue weighted by Crippen LogP contribution is -2.45. The zero-order valence-corrected chi connectivity index (χ0v) is 12.0. The molecule has 5 heteroatoms. The van der Waals surface area contributed by atoms with Crippen LogP contribution in [0.25, 0.3) is 0 Å². The van der Waals surface area contributed by atoms with Gasteiger partial charge in [-0.05, 0) is 37.8 Å². The second-order valence-corrected chi connectivity index (χ2v) is 5.43. The van der Waals surface area contributed by atoms with E-state index in [1.54, 1.807) is 12.1 Å².